The van der Waals surface area contributed by atoms with Crippen LogP contribution >= 0.6 is 0 Å². The van der Waals surface area contributed by atoms with Crippen molar-refractivity contribution in [2.75, 3.05) is 0 Å². The number of para-hydroxylation sites is 2. The van der Waals surface area contributed by atoms with Gasteiger partial charge < -0.3 is 15.4 Å². The summed E-state index contributed by atoms with van der Waals surface area (Å²) in [5.41, 5.74) is 2.32. The van der Waals surface area contributed by atoms with Crippen LogP contribution in [0, 0.1) is 0 Å². The fourth-order valence-electron chi connectivity index (χ4n) is 2.23. The number of rotatable bonds is 6. The van der Waals surface area contributed by atoms with E-state index in [1.54, 1.807) is 24.3 Å². The Hall–Kier alpha value is -2.49. The van der Waals surface area contributed by atoms with Gasteiger partial charge >= 0.3 is 0 Å². The molecule has 0 aromatic heterocycles. The highest BCUT2D eigenvalue weighted by Crippen LogP contribution is 2.20. The van der Waals surface area contributed by atoms with Gasteiger partial charge in [-0.25, -0.2) is 0 Å². The number of benzene rings is 2. The van der Waals surface area contributed by atoms with Crippen molar-refractivity contribution in [1.29, 1.82) is 0 Å². The van der Waals surface area contributed by atoms with Crippen molar-refractivity contribution in [2.45, 2.75) is 25.7 Å². The molecule has 21 heavy (non-hydrogen) atoms. The minimum atomic E-state index is 0.260. The highest BCUT2D eigenvalue weighted by atomic mass is 16.4. The summed E-state index contributed by atoms with van der Waals surface area (Å²) in [5, 5.41) is 31.8. The molecule has 0 heterocycles. The Labute approximate surface area is 124 Å². The number of oxime groups is 1. The van der Waals surface area contributed by atoms with Gasteiger partial charge in [0, 0.05) is 0 Å². The van der Waals surface area contributed by atoms with Gasteiger partial charge in [-0.05, 0) is 48.9 Å². The molecule has 0 amide bonds. The van der Waals surface area contributed by atoms with E-state index >= 15 is 0 Å². The van der Waals surface area contributed by atoms with Gasteiger partial charge in [0.15, 0.2) is 0 Å². The Morgan fingerprint density at radius 2 is 1.19 bits per heavy atom. The molecule has 110 valence electrons. The predicted octanol–water partition coefficient (Wildman–Crippen LogP) is 3.49. The molecule has 0 radical (unpaired) electrons. The van der Waals surface area contributed by atoms with Crippen molar-refractivity contribution in [2.24, 2.45) is 5.16 Å². The second-order valence-electron chi connectivity index (χ2n) is 4.92. The molecular weight excluding hydrogens is 266 g/mol. The van der Waals surface area contributed by atoms with E-state index in [0.717, 1.165) is 11.1 Å². The third-order valence-corrected chi connectivity index (χ3v) is 3.49. The summed E-state index contributed by atoms with van der Waals surface area (Å²) in [5.74, 6) is 0.519. The molecule has 4 nitrogen and oxygen atoms in total. The highest BCUT2D eigenvalue weighted by Gasteiger charge is 2.07. The van der Waals surface area contributed by atoms with Gasteiger partial charge in [0.25, 0.3) is 0 Å². The third-order valence-electron chi connectivity index (χ3n) is 3.49. The number of nitrogens with zero attached hydrogens (tertiary/aromatic N) is 1. The Balaban J connectivity index is 1.90. The molecule has 0 bridgehead atoms. The summed E-state index contributed by atoms with van der Waals surface area (Å²) in [7, 11) is 0. The lowest BCUT2D eigenvalue weighted by atomic mass is 10.0. The second kappa shape index (κ2) is 7.33. The van der Waals surface area contributed by atoms with E-state index in [1.165, 1.54) is 0 Å². The maximum atomic E-state index is 9.70. The van der Waals surface area contributed by atoms with Crippen molar-refractivity contribution < 1.29 is 15.4 Å². The average molecular weight is 285 g/mol. The summed E-state index contributed by atoms with van der Waals surface area (Å²) >= 11 is 0. The Kier molecular flexibility index (Phi) is 5.21. The van der Waals surface area contributed by atoms with Crippen molar-refractivity contribution in [3.05, 3.63) is 59.7 Å². The van der Waals surface area contributed by atoms with Gasteiger partial charge in [0.2, 0.25) is 0 Å². The summed E-state index contributed by atoms with van der Waals surface area (Å²) in [6.07, 6.45) is 2.38. The molecule has 0 aliphatic rings. The van der Waals surface area contributed by atoms with Crippen molar-refractivity contribution in [3.63, 3.8) is 0 Å². The lowest BCUT2D eigenvalue weighted by molar-refractivity contribution is 0.316. The zero-order chi connectivity index (χ0) is 15.1. The molecule has 2 aromatic carbocycles. The highest BCUT2D eigenvalue weighted by molar-refractivity contribution is 5.84. The second-order valence-corrected chi connectivity index (χ2v) is 4.92. The third kappa shape index (κ3) is 4.24. The summed E-state index contributed by atoms with van der Waals surface area (Å²) in [6, 6.07) is 14.3. The lowest BCUT2D eigenvalue weighted by Gasteiger charge is -2.07. The van der Waals surface area contributed by atoms with E-state index in [1.807, 2.05) is 24.3 Å². The van der Waals surface area contributed by atoms with Gasteiger partial charge in [-0.1, -0.05) is 41.6 Å². The lowest BCUT2D eigenvalue weighted by Crippen LogP contribution is -2.03. The van der Waals surface area contributed by atoms with E-state index in [-0.39, 0.29) is 11.5 Å². The van der Waals surface area contributed by atoms with E-state index in [0.29, 0.717) is 31.4 Å². The van der Waals surface area contributed by atoms with Gasteiger partial charge in [0.1, 0.15) is 11.5 Å². The topological polar surface area (TPSA) is 73.1 Å². The van der Waals surface area contributed by atoms with Gasteiger partial charge in [0.05, 0.1) is 5.71 Å². The molecule has 0 atom stereocenters. The molecule has 4 heteroatoms. The SMILES string of the molecule is ON=C(CCc1ccccc1O)CCc1ccccc1O. The van der Waals surface area contributed by atoms with Crippen LogP contribution in [0.15, 0.2) is 53.7 Å². The average Bonchev–Trinajstić information content (AvgIpc) is 2.50. The van der Waals surface area contributed by atoms with Crippen LogP contribution in [0.1, 0.15) is 24.0 Å². The minimum Gasteiger partial charge on any atom is -0.508 e. The molecular formula is C17H19NO3. The number of hydrogen-bond acceptors (Lipinski definition) is 4. The minimum absolute atomic E-state index is 0.260. The van der Waals surface area contributed by atoms with Crippen LogP contribution in [-0.2, 0) is 12.8 Å². The summed E-state index contributed by atoms with van der Waals surface area (Å²) in [4.78, 5) is 0. The first-order chi connectivity index (χ1) is 10.2. The van der Waals surface area contributed by atoms with E-state index < -0.39 is 0 Å². The first kappa shape index (κ1) is 14.9. The standard InChI is InChI=1S/C17H19NO3/c19-16-7-3-1-5-13(16)9-11-15(18-21)12-10-14-6-2-4-8-17(14)20/h1-8,19-21H,9-12H2. The fourth-order valence-corrected chi connectivity index (χ4v) is 2.23. The van der Waals surface area contributed by atoms with Crippen LogP contribution in [0.3, 0.4) is 0 Å². The number of phenolic OH excluding ortho intramolecular Hbond substituents is 2. The van der Waals surface area contributed by atoms with Crippen molar-refractivity contribution in [1.82, 2.24) is 0 Å². The molecule has 0 aliphatic heterocycles. The van der Waals surface area contributed by atoms with E-state index in [2.05, 4.69) is 5.16 Å². The molecule has 2 rings (SSSR count). The van der Waals surface area contributed by atoms with E-state index in [9.17, 15) is 10.2 Å². The normalized spacial score (nSPS) is 10.3. The molecule has 2 aromatic rings. The quantitative estimate of drug-likeness (QED) is 0.432. The van der Waals surface area contributed by atoms with Crippen LogP contribution in [0.25, 0.3) is 0 Å². The smallest absolute Gasteiger partial charge is 0.118 e. The number of phenols is 2. The van der Waals surface area contributed by atoms with Crippen LogP contribution < -0.4 is 0 Å². The Morgan fingerprint density at radius 1 is 0.762 bits per heavy atom. The molecule has 0 saturated heterocycles. The Bertz CT molecular complexity index is 571. The molecule has 0 fully saturated rings. The number of aromatic hydroxyl groups is 2. The monoisotopic (exact) mass is 285 g/mol. The van der Waals surface area contributed by atoms with Gasteiger partial charge in [-0.3, -0.25) is 0 Å². The van der Waals surface area contributed by atoms with Crippen molar-refractivity contribution >= 4 is 5.71 Å². The van der Waals surface area contributed by atoms with Crippen LogP contribution in [0.2, 0.25) is 0 Å². The molecule has 0 unspecified atom stereocenters. The molecule has 3 N–H and O–H groups in total. The molecule has 0 spiro atoms. The first-order valence-corrected chi connectivity index (χ1v) is 6.94. The number of aryl methyl sites for hydroxylation is 2. The first-order valence-electron chi connectivity index (χ1n) is 6.94. The van der Waals surface area contributed by atoms with Crippen LogP contribution in [0.5, 0.6) is 11.5 Å². The summed E-state index contributed by atoms with van der Waals surface area (Å²) in [6.45, 7) is 0. The number of hydrogen-bond donors (Lipinski definition) is 3. The zero-order valence-electron chi connectivity index (χ0n) is 11.7. The van der Waals surface area contributed by atoms with Gasteiger partial charge in [-0.2, -0.15) is 0 Å². The largest absolute Gasteiger partial charge is 0.508 e. The maximum Gasteiger partial charge on any atom is 0.118 e. The van der Waals surface area contributed by atoms with Crippen LogP contribution in [-0.4, -0.2) is 21.1 Å². The summed E-state index contributed by atoms with van der Waals surface area (Å²) < 4.78 is 0. The molecule has 0 aliphatic carbocycles. The maximum absolute atomic E-state index is 9.70. The van der Waals surface area contributed by atoms with E-state index in [4.69, 9.17) is 5.21 Å². The zero-order valence-corrected chi connectivity index (χ0v) is 11.7. The van der Waals surface area contributed by atoms with Crippen LogP contribution in [0.4, 0.5) is 0 Å². The predicted molar refractivity (Wildman–Crippen MR) is 82.1 cm³/mol. The fraction of sp³-hybridized carbons (Fsp3) is 0.235. The van der Waals surface area contributed by atoms with Crippen molar-refractivity contribution in [3.8, 4) is 11.5 Å². The van der Waals surface area contributed by atoms with Gasteiger partial charge in [-0.15, -0.1) is 0 Å². The molecule has 0 saturated carbocycles. The Morgan fingerprint density at radius 3 is 1.57 bits per heavy atom.